The molecule has 0 aromatic heterocycles. The number of allylic oxidation sites excluding steroid dienone is 5. The third kappa shape index (κ3) is 17.5. The second kappa shape index (κ2) is 18.5. The molecule has 0 heterocycles. The summed E-state index contributed by atoms with van der Waals surface area (Å²) in [6.45, 7) is 5.82. The van der Waals surface area contributed by atoms with Crippen LogP contribution in [0.2, 0.25) is 0 Å². The molecule has 0 bridgehead atoms. The predicted molar refractivity (Wildman–Crippen MR) is 106 cm³/mol. The van der Waals surface area contributed by atoms with Crippen molar-refractivity contribution in [1.82, 2.24) is 0 Å². The molecule has 0 aromatic rings. The monoisotopic (exact) mass is 336 g/mol. The summed E-state index contributed by atoms with van der Waals surface area (Å²) in [4.78, 5) is 0. The van der Waals surface area contributed by atoms with E-state index in [1.165, 1.54) is 25.7 Å². The summed E-state index contributed by atoms with van der Waals surface area (Å²) in [6, 6.07) is 0. The number of unbranched alkanes of at least 4 members (excludes halogenated alkanes) is 6. The molecule has 0 rings (SSSR count). The third-order valence-corrected chi connectivity index (χ3v) is 4.37. The van der Waals surface area contributed by atoms with E-state index < -0.39 is 0 Å². The average Bonchev–Trinajstić information content (AvgIpc) is 2.57. The molecule has 0 radical (unpaired) electrons. The highest BCUT2D eigenvalue weighted by Gasteiger charge is 2.05. The van der Waals surface area contributed by atoms with Gasteiger partial charge in [-0.15, -0.1) is 0 Å². The van der Waals surface area contributed by atoms with E-state index in [4.69, 9.17) is 0 Å². The summed E-state index contributed by atoms with van der Waals surface area (Å²) >= 11 is 0. The maximum atomic E-state index is 9.96. The normalized spacial score (nSPS) is 14.5. The van der Waals surface area contributed by atoms with Crippen LogP contribution in [0.25, 0.3) is 0 Å². The lowest BCUT2D eigenvalue weighted by atomic mass is 10.0. The van der Waals surface area contributed by atoms with Gasteiger partial charge in [0.25, 0.3) is 0 Å². The molecule has 0 amide bonds. The summed E-state index contributed by atoms with van der Waals surface area (Å²) in [7, 11) is 0. The van der Waals surface area contributed by atoms with E-state index in [0.29, 0.717) is 0 Å². The Kier molecular flexibility index (Phi) is 17.8. The summed E-state index contributed by atoms with van der Waals surface area (Å²) in [6.07, 6.45) is 23.5. The predicted octanol–water partition coefficient (Wildman–Crippen LogP) is 6.10. The van der Waals surface area contributed by atoms with Gasteiger partial charge in [0, 0.05) is 0 Å². The highest BCUT2D eigenvalue weighted by atomic mass is 16.3. The van der Waals surface area contributed by atoms with Crippen LogP contribution in [0.1, 0.15) is 90.4 Å². The van der Waals surface area contributed by atoms with E-state index in [2.05, 4.69) is 19.6 Å². The van der Waals surface area contributed by atoms with E-state index in [-0.39, 0.29) is 12.2 Å². The fourth-order valence-corrected chi connectivity index (χ4v) is 2.82. The molecule has 2 nitrogen and oxygen atoms in total. The van der Waals surface area contributed by atoms with E-state index >= 15 is 0 Å². The molecule has 0 saturated carbocycles. The maximum absolute atomic E-state index is 9.96. The van der Waals surface area contributed by atoms with Gasteiger partial charge in [-0.2, -0.15) is 0 Å². The number of hydrogen-bond acceptors (Lipinski definition) is 2. The van der Waals surface area contributed by atoms with Gasteiger partial charge in [-0.05, 0) is 38.5 Å². The molecule has 0 fully saturated rings. The van der Waals surface area contributed by atoms with Gasteiger partial charge in [-0.1, -0.05) is 88.8 Å². The Hall–Kier alpha value is -0.860. The van der Waals surface area contributed by atoms with Crippen LogP contribution in [0.4, 0.5) is 0 Å². The lowest BCUT2D eigenvalue weighted by Gasteiger charge is -2.11. The van der Waals surface area contributed by atoms with Gasteiger partial charge >= 0.3 is 0 Å². The lowest BCUT2D eigenvalue weighted by Crippen LogP contribution is -2.07. The van der Waals surface area contributed by atoms with Crippen molar-refractivity contribution in [2.45, 2.75) is 103 Å². The van der Waals surface area contributed by atoms with E-state index in [0.717, 1.165) is 57.8 Å². The molecule has 2 unspecified atom stereocenters. The van der Waals surface area contributed by atoms with Gasteiger partial charge in [0.2, 0.25) is 0 Å². The summed E-state index contributed by atoms with van der Waals surface area (Å²) in [5.74, 6) is 0. The Bertz CT molecular complexity index is 320. The van der Waals surface area contributed by atoms with Crippen LogP contribution in [0.3, 0.4) is 0 Å². The minimum atomic E-state index is -0.151. The first-order valence-corrected chi connectivity index (χ1v) is 10.0. The number of aliphatic hydroxyl groups excluding tert-OH is 2. The smallest absolute Gasteiger partial charge is 0.0540 e. The quantitative estimate of drug-likeness (QED) is 0.249. The standard InChI is InChI=1S/C22H40O2/c1-3-5-7-8-9-10-14-18-22(24)20-16-12-11-15-19-21(23)17-13-6-4-2/h3,5,7-9,21-24H,1,4,6,10-20H2,2H3/b7-5+,9-8+. The van der Waals surface area contributed by atoms with Crippen molar-refractivity contribution in [2.75, 3.05) is 0 Å². The minimum Gasteiger partial charge on any atom is -0.393 e. The first-order valence-electron chi connectivity index (χ1n) is 10.0. The largest absolute Gasteiger partial charge is 0.393 e. The van der Waals surface area contributed by atoms with Crippen LogP contribution in [0, 0.1) is 0 Å². The molecule has 2 atom stereocenters. The molecular weight excluding hydrogens is 296 g/mol. The van der Waals surface area contributed by atoms with Gasteiger partial charge < -0.3 is 10.2 Å². The zero-order valence-corrected chi connectivity index (χ0v) is 15.8. The molecule has 0 spiro atoms. The van der Waals surface area contributed by atoms with Crippen molar-refractivity contribution in [3.05, 3.63) is 37.0 Å². The van der Waals surface area contributed by atoms with Crippen LogP contribution in [0.15, 0.2) is 37.0 Å². The molecule has 2 heteroatoms. The molecule has 0 aromatic carbocycles. The molecule has 0 aliphatic rings. The Morgan fingerprint density at radius 3 is 1.79 bits per heavy atom. The highest BCUT2D eigenvalue weighted by Crippen LogP contribution is 2.14. The number of rotatable bonds is 17. The van der Waals surface area contributed by atoms with Gasteiger partial charge in [0.1, 0.15) is 0 Å². The zero-order chi connectivity index (χ0) is 17.9. The highest BCUT2D eigenvalue weighted by molar-refractivity contribution is 5.08. The Balaban J connectivity index is 3.36. The molecule has 2 N–H and O–H groups in total. The molecule has 140 valence electrons. The number of hydrogen-bond donors (Lipinski definition) is 2. The minimum absolute atomic E-state index is 0.100. The Labute approximate surface area is 150 Å². The van der Waals surface area contributed by atoms with Crippen LogP contribution in [0.5, 0.6) is 0 Å². The zero-order valence-electron chi connectivity index (χ0n) is 15.8. The fraction of sp³-hybridized carbons (Fsp3) is 0.727. The lowest BCUT2D eigenvalue weighted by molar-refractivity contribution is 0.142. The molecule has 0 saturated heterocycles. The fourth-order valence-electron chi connectivity index (χ4n) is 2.82. The van der Waals surface area contributed by atoms with Crippen molar-refractivity contribution in [3.63, 3.8) is 0 Å². The Morgan fingerprint density at radius 2 is 1.25 bits per heavy atom. The first kappa shape index (κ1) is 23.1. The molecule has 0 aliphatic carbocycles. The third-order valence-electron chi connectivity index (χ3n) is 4.37. The second-order valence-corrected chi connectivity index (χ2v) is 6.77. The maximum Gasteiger partial charge on any atom is 0.0540 e. The van der Waals surface area contributed by atoms with Crippen molar-refractivity contribution >= 4 is 0 Å². The van der Waals surface area contributed by atoms with Crippen LogP contribution >= 0.6 is 0 Å². The summed E-state index contributed by atoms with van der Waals surface area (Å²) < 4.78 is 0. The van der Waals surface area contributed by atoms with Crippen molar-refractivity contribution in [3.8, 4) is 0 Å². The Morgan fingerprint density at radius 1 is 0.708 bits per heavy atom. The second-order valence-electron chi connectivity index (χ2n) is 6.77. The van der Waals surface area contributed by atoms with Gasteiger partial charge in [0.15, 0.2) is 0 Å². The van der Waals surface area contributed by atoms with Gasteiger partial charge in [-0.3, -0.25) is 0 Å². The average molecular weight is 337 g/mol. The molecular formula is C22H40O2. The van der Waals surface area contributed by atoms with E-state index in [1.54, 1.807) is 6.08 Å². The van der Waals surface area contributed by atoms with Crippen molar-refractivity contribution in [1.29, 1.82) is 0 Å². The molecule has 24 heavy (non-hydrogen) atoms. The number of aliphatic hydroxyl groups is 2. The first-order chi connectivity index (χ1) is 11.7. The topological polar surface area (TPSA) is 40.5 Å². The summed E-state index contributed by atoms with van der Waals surface area (Å²) in [5.41, 5.74) is 0. The van der Waals surface area contributed by atoms with Gasteiger partial charge in [-0.25, -0.2) is 0 Å². The summed E-state index contributed by atoms with van der Waals surface area (Å²) in [5, 5.41) is 19.8. The van der Waals surface area contributed by atoms with E-state index in [1.807, 2.05) is 18.2 Å². The van der Waals surface area contributed by atoms with E-state index in [9.17, 15) is 10.2 Å². The van der Waals surface area contributed by atoms with Crippen LogP contribution in [-0.2, 0) is 0 Å². The SMILES string of the molecule is C=C/C=C/C=C/CCCC(O)CCCCCCC(O)CCCCC. The van der Waals surface area contributed by atoms with Crippen molar-refractivity contribution in [2.24, 2.45) is 0 Å². The van der Waals surface area contributed by atoms with Crippen LogP contribution in [-0.4, -0.2) is 22.4 Å². The van der Waals surface area contributed by atoms with Crippen LogP contribution < -0.4 is 0 Å². The molecule has 0 aliphatic heterocycles. The van der Waals surface area contributed by atoms with Gasteiger partial charge in [0.05, 0.1) is 12.2 Å². The van der Waals surface area contributed by atoms with Crippen molar-refractivity contribution < 1.29 is 10.2 Å².